The Morgan fingerprint density at radius 3 is 1.60 bits per heavy atom. The third-order valence-corrected chi connectivity index (χ3v) is 0. The largest absolute Gasteiger partial charge is 0.512 e. The Labute approximate surface area is 30.2 Å². The Balaban J connectivity index is 0. The average Bonchev–Trinajstić information content (AvgIpc) is 1.46. The van der Waals surface area contributed by atoms with Gasteiger partial charge in [0.25, 0.3) is 0 Å². The van der Waals surface area contributed by atoms with Crippen LogP contribution in [0.1, 0.15) is 0 Å². The molecule has 0 aromatic carbocycles. The Morgan fingerprint density at radius 2 is 1.60 bits per heavy atom. The molecule has 3 nitrogen and oxygen atoms in total. The molecule has 0 saturated carbocycles. The van der Waals surface area contributed by atoms with Crippen LogP contribution in [0.25, 0.3) is 0 Å². The van der Waals surface area contributed by atoms with Crippen LogP contribution in [0.15, 0.2) is 0 Å². The molecule has 0 spiro atoms. The van der Waals surface area contributed by atoms with Crippen LogP contribution in [0.4, 0.5) is 0 Å². The lowest BCUT2D eigenvalue weighted by Crippen LogP contribution is -2.39. The summed E-state index contributed by atoms with van der Waals surface area (Å²) in [5, 5.41) is 13.5. The van der Waals surface area contributed by atoms with E-state index in [1.165, 1.54) is 6.19 Å². The van der Waals surface area contributed by atoms with Crippen molar-refractivity contribution in [2.45, 2.75) is 0 Å². The maximum Gasteiger partial charge on any atom is 0.303 e. The molecule has 5 heavy (non-hydrogen) atoms. The van der Waals surface area contributed by atoms with Crippen LogP contribution in [0.3, 0.4) is 0 Å². The second kappa shape index (κ2) is 3070. The van der Waals surface area contributed by atoms with E-state index >= 15 is 0 Å². The molecule has 3 N–H and O–H groups in total. The molecule has 3 heteroatoms. The molecular weight excluding hydrogens is 66.0 g/mol. The monoisotopic (exact) mass is 69.0 g/mol. The topological polar surface area (TPSA) is 75.2 Å². The first-order chi connectivity index (χ1) is 2.41. The Hall–Kier alpha value is -1.06. The van der Waals surface area contributed by atoms with Gasteiger partial charge in [-0.15, -0.1) is 5.26 Å². The number of quaternary nitrogens is 1. The standard InChI is InChI=1S/CH2N2.CN/c2-1-3;1-2/h2H2;/q;-1/p+1. The van der Waals surface area contributed by atoms with Crippen LogP contribution in [0.2, 0.25) is 0 Å². The van der Waals surface area contributed by atoms with E-state index in [0.717, 1.165) is 0 Å². The van der Waals surface area contributed by atoms with Crippen LogP contribution >= 0.6 is 0 Å². The van der Waals surface area contributed by atoms with Crippen molar-refractivity contribution in [2.24, 2.45) is 0 Å². The van der Waals surface area contributed by atoms with E-state index in [2.05, 4.69) is 5.73 Å². The van der Waals surface area contributed by atoms with Gasteiger partial charge in [-0.1, -0.05) is 0 Å². The van der Waals surface area contributed by atoms with E-state index in [9.17, 15) is 0 Å². The van der Waals surface area contributed by atoms with Crippen molar-refractivity contribution in [2.75, 3.05) is 0 Å². The molecule has 0 aromatic rings. The Kier molecular flexibility index (Phi) is 5560. The lowest BCUT2D eigenvalue weighted by Gasteiger charge is -1.15. The first kappa shape index (κ1) is 9.05. The van der Waals surface area contributed by atoms with Gasteiger partial charge in [0.2, 0.25) is 0 Å². The van der Waals surface area contributed by atoms with E-state index in [1.54, 1.807) is 0 Å². The number of rotatable bonds is 0. The van der Waals surface area contributed by atoms with Crippen LogP contribution in [0.5, 0.6) is 0 Å². The maximum absolute atomic E-state index is 7.21. The number of nitrogens with zero attached hydrogens (tertiary/aromatic N) is 2. The van der Waals surface area contributed by atoms with Crippen molar-refractivity contribution in [3.63, 3.8) is 0 Å². The fourth-order valence-corrected chi connectivity index (χ4v) is 0. The highest BCUT2D eigenvalue weighted by molar-refractivity contribution is 4.25. The summed E-state index contributed by atoms with van der Waals surface area (Å²) in [6.45, 7) is 4.75. The zero-order valence-corrected chi connectivity index (χ0v) is 2.60. The van der Waals surface area contributed by atoms with Gasteiger partial charge >= 0.3 is 6.19 Å². The number of hydrogen-bond donors (Lipinski definition) is 1. The van der Waals surface area contributed by atoms with Crippen LogP contribution in [-0.2, 0) is 0 Å². The maximum atomic E-state index is 7.21. The van der Waals surface area contributed by atoms with Gasteiger partial charge in [-0.3, -0.25) is 5.73 Å². The van der Waals surface area contributed by atoms with Crippen molar-refractivity contribution >= 4 is 0 Å². The molecule has 0 atom stereocenters. The van der Waals surface area contributed by atoms with Crippen molar-refractivity contribution in [1.29, 1.82) is 10.5 Å². The molecule has 0 aliphatic rings. The Morgan fingerprint density at radius 1 is 1.60 bits per heavy atom. The van der Waals surface area contributed by atoms with Crippen molar-refractivity contribution in [1.82, 2.24) is 0 Å². The highest BCUT2D eigenvalue weighted by Gasteiger charge is 1.22. The molecule has 0 radical (unpaired) electrons. The fraction of sp³-hybridized carbons (Fsp3) is 0. The lowest BCUT2D eigenvalue weighted by molar-refractivity contribution is -0.252. The molecule has 0 amide bonds. The molecule has 0 heterocycles. The summed E-state index contributed by atoms with van der Waals surface area (Å²) in [4.78, 5) is 0. The van der Waals surface area contributed by atoms with E-state index < -0.39 is 0 Å². The van der Waals surface area contributed by atoms with Crippen molar-refractivity contribution in [3.05, 3.63) is 6.57 Å². The van der Waals surface area contributed by atoms with Gasteiger partial charge in [-0.2, -0.15) is 0 Å². The number of hydrogen-bond acceptors (Lipinski definition) is 2. The Bertz CT molecular complexity index is 47.6. The zero-order chi connectivity index (χ0) is 4.71. The van der Waals surface area contributed by atoms with E-state index in [0.29, 0.717) is 0 Å². The van der Waals surface area contributed by atoms with Crippen LogP contribution < -0.4 is 5.73 Å². The predicted molar refractivity (Wildman–Crippen MR) is 13.5 cm³/mol. The first-order valence-corrected chi connectivity index (χ1v) is 0.801. The van der Waals surface area contributed by atoms with Gasteiger partial charge in [0, 0.05) is 0 Å². The molecule has 0 saturated heterocycles. The summed E-state index contributed by atoms with van der Waals surface area (Å²) in [5.74, 6) is 0. The minimum atomic E-state index is 1.50. The predicted octanol–water partition coefficient (Wildman–Crippen LogP) is -1.19. The molecule has 0 fully saturated rings. The molecule has 0 aliphatic heterocycles. The van der Waals surface area contributed by atoms with Crippen molar-refractivity contribution in [3.8, 4) is 6.19 Å². The second-order valence-corrected chi connectivity index (χ2v) is 0.158. The summed E-state index contributed by atoms with van der Waals surface area (Å²) >= 11 is 0. The van der Waals surface area contributed by atoms with Gasteiger partial charge in [0.05, 0.1) is 0 Å². The van der Waals surface area contributed by atoms with Crippen LogP contribution in [0, 0.1) is 23.3 Å². The van der Waals surface area contributed by atoms with Gasteiger partial charge in [0.15, 0.2) is 0 Å². The highest BCUT2D eigenvalue weighted by atomic mass is 14.5. The second-order valence-electron chi connectivity index (χ2n) is 0.158. The normalized spacial score (nSPS) is 2.00. The molecule has 0 aromatic heterocycles. The molecule has 0 bridgehead atoms. The zero-order valence-electron chi connectivity index (χ0n) is 2.60. The van der Waals surface area contributed by atoms with Crippen LogP contribution in [-0.4, -0.2) is 0 Å². The van der Waals surface area contributed by atoms with Gasteiger partial charge < -0.3 is 11.8 Å². The van der Waals surface area contributed by atoms with Gasteiger partial charge in [-0.05, 0) is 0 Å². The smallest absolute Gasteiger partial charge is 0.303 e. The summed E-state index contributed by atoms with van der Waals surface area (Å²) in [6, 6.07) is 0. The summed E-state index contributed by atoms with van der Waals surface area (Å²) in [7, 11) is 0. The summed E-state index contributed by atoms with van der Waals surface area (Å²) in [6.07, 6.45) is 1.50. The highest BCUT2D eigenvalue weighted by Crippen LogP contribution is 0.794. The van der Waals surface area contributed by atoms with E-state index in [4.69, 9.17) is 17.1 Å². The molecular formula is C2H3N3. The number of nitriles is 1. The SMILES string of the molecule is N#C[NH3+].[C-]#N. The van der Waals surface area contributed by atoms with Gasteiger partial charge in [0.1, 0.15) is 0 Å². The molecule has 0 aliphatic carbocycles. The summed E-state index contributed by atoms with van der Waals surface area (Å²) < 4.78 is 0. The molecule has 26 valence electrons. The van der Waals surface area contributed by atoms with E-state index in [1.807, 2.05) is 0 Å². The van der Waals surface area contributed by atoms with Gasteiger partial charge in [-0.25, -0.2) is 0 Å². The molecule has 0 rings (SSSR count). The molecule has 0 unspecified atom stereocenters. The minimum Gasteiger partial charge on any atom is -0.512 e. The van der Waals surface area contributed by atoms with Crippen molar-refractivity contribution < 1.29 is 5.73 Å². The quantitative estimate of drug-likeness (QED) is 0.286. The first-order valence-electron chi connectivity index (χ1n) is 0.801. The lowest BCUT2D eigenvalue weighted by atomic mass is 11.5. The fourth-order valence-electron chi connectivity index (χ4n) is 0. The summed E-state index contributed by atoms with van der Waals surface area (Å²) in [5.41, 5.74) is 2.79. The third-order valence-electron chi connectivity index (χ3n) is 0. The average molecular weight is 69.1 g/mol. The third kappa shape index (κ3) is 2.31. The van der Waals surface area contributed by atoms with E-state index in [-0.39, 0.29) is 0 Å². The minimum absolute atomic E-state index is 1.50.